The first-order chi connectivity index (χ1) is 6.46. The van der Waals surface area contributed by atoms with Gasteiger partial charge in [0.1, 0.15) is 0 Å². The number of hydrogen-bond acceptors (Lipinski definition) is 5. The number of nitrogens with zero attached hydrogens (tertiary/aromatic N) is 1. The van der Waals surface area contributed by atoms with Gasteiger partial charge >= 0.3 is 11.9 Å². The Morgan fingerprint density at radius 2 is 2.29 bits per heavy atom. The molecular weight excluding hydrogens is 190 g/mol. The highest BCUT2D eigenvalue weighted by Gasteiger charge is 2.58. The number of fused-ring (bicyclic) bond motifs is 2. The predicted molar refractivity (Wildman–Crippen MR) is 44.4 cm³/mol. The van der Waals surface area contributed by atoms with Crippen molar-refractivity contribution < 1.29 is 24.4 Å². The summed E-state index contributed by atoms with van der Waals surface area (Å²) in [5.41, 5.74) is 0.661. The summed E-state index contributed by atoms with van der Waals surface area (Å²) < 4.78 is 5.40. The van der Waals surface area contributed by atoms with Crippen molar-refractivity contribution in [3.8, 4) is 0 Å². The molecule has 1 fully saturated rings. The van der Waals surface area contributed by atoms with E-state index < -0.39 is 17.7 Å². The van der Waals surface area contributed by atoms with E-state index in [1.165, 1.54) is 0 Å². The summed E-state index contributed by atoms with van der Waals surface area (Å²) in [4.78, 5) is 24.3. The lowest BCUT2D eigenvalue weighted by Crippen LogP contribution is -2.31. The van der Waals surface area contributed by atoms with Gasteiger partial charge in [-0.25, -0.2) is 4.99 Å². The molecule has 0 radical (unpaired) electrons. The Bertz CT molecular complexity index is 315. The summed E-state index contributed by atoms with van der Waals surface area (Å²) in [6.07, 6.45) is 0.0749. The third kappa shape index (κ3) is 1.31. The first-order valence-electron chi connectivity index (χ1n) is 4.32. The van der Waals surface area contributed by atoms with Crippen LogP contribution in [0, 0.1) is 0 Å². The highest BCUT2D eigenvalue weighted by molar-refractivity contribution is 5.90. The Hall–Kier alpha value is -0.980. The van der Waals surface area contributed by atoms with Crippen molar-refractivity contribution in [2.75, 3.05) is 0 Å². The molecule has 6 heteroatoms. The summed E-state index contributed by atoms with van der Waals surface area (Å²) in [5, 5.41) is 8.53. The molecule has 14 heavy (non-hydrogen) atoms. The number of hydrogen-bond donors (Lipinski definition) is 1. The Kier molecular flexibility index (Phi) is 1.88. The van der Waals surface area contributed by atoms with Gasteiger partial charge in [-0.1, -0.05) is 0 Å². The van der Waals surface area contributed by atoms with Crippen LogP contribution in [0.4, 0.5) is 0 Å². The van der Waals surface area contributed by atoms with Gasteiger partial charge in [0.2, 0.25) is 5.79 Å². The van der Waals surface area contributed by atoms with Gasteiger partial charge < -0.3 is 5.11 Å². The van der Waals surface area contributed by atoms with Crippen LogP contribution in [-0.4, -0.2) is 28.5 Å². The third-order valence-corrected chi connectivity index (χ3v) is 2.34. The maximum absolute atomic E-state index is 10.4. The SMILES string of the molecule is CC1=NC2(CCC(=O)O)OOC1(C)O2. The van der Waals surface area contributed by atoms with Crippen molar-refractivity contribution in [3.05, 3.63) is 0 Å². The molecule has 6 nitrogen and oxygen atoms in total. The molecule has 2 unspecified atom stereocenters. The molecule has 0 aromatic carbocycles. The van der Waals surface area contributed by atoms with Crippen molar-refractivity contribution >= 4 is 11.7 Å². The van der Waals surface area contributed by atoms with E-state index in [1.54, 1.807) is 13.8 Å². The molecular formula is C8H11NO5. The van der Waals surface area contributed by atoms with E-state index in [0.29, 0.717) is 5.71 Å². The molecule has 0 aromatic rings. The Morgan fingerprint density at radius 1 is 1.57 bits per heavy atom. The lowest BCUT2D eigenvalue weighted by molar-refractivity contribution is -0.343. The summed E-state index contributed by atoms with van der Waals surface area (Å²) in [5.74, 6) is -3.10. The Balaban J connectivity index is 2.10. The molecule has 0 spiro atoms. The van der Waals surface area contributed by atoms with Crippen LogP contribution < -0.4 is 0 Å². The van der Waals surface area contributed by atoms with Gasteiger partial charge in [-0.2, -0.15) is 9.78 Å². The van der Waals surface area contributed by atoms with E-state index in [9.17, 15) is 4.79 Å². The minimum Gasteiger partial charge on any atom is -0.481 e. The lowest BCUT2D eigenvalue weighted by Gasteiger charge is -2.17. The van der Waals surface area contributed by atoms with Crippen LogP contribution in [0.3, 0.4) is 0 Å². The van der Waals surface area contributed by atoms with Crippen LogP contribution in [0.1, 0.15) is 26.7 Å². The normalized spacial score (nSPS) is 40.0. The maximum Gasteiger partial charge on any atom is 0.303 e. The number of rotatable bonds is 3. The first-order valence-corrected chi connectivity index (χ1v) is 4.32. The molecule has 1 N–H and O–H groups in total. The fraction of sp³-hybridized carbons (Fsp3) is 0.750. The van der Waals surface area contributed by atoms with Crippen molar-refractivity contribution in [2.24, 2.45) is 4.99 Å². The molecule has 2 heterocycles. The molecule has 2 bridgehead atoms. The molecule has 2 aliphatic heterocycles. The van der Waals surface area contributed by atoms with Crippen LogP contribution in [0.25, 0.3) is 0 Å². The van der Waals surface area contributed by atoms with Crippen LogP contribution in [0.15, 0.2) is 4.99 Å². The standard InChI is InChI=1S/C8H11NO5/c1-5-7(2)12-8(9-5,14-13-7)4-3-6(10)11/h3-4H2,1-2H3,(H,10,11). The van der Waals surface area contributed by atoms with E-state index in [0.717, 1.165) is 0 Å². The quantitative estimate of drug-likeness (QED) is 0.679. The van der Waals surface area contributed by atoms with Gasteiger partial charge in [0.25, 0.3) is 0 Å². The van der Waals surface area contributed by atoms with Crippen LogP contribution in [-0.2, 0) is 19.3 Å². The van der Waals surface area contributed by atoms with Gasteiger partial charge in [0, 0.05) is 6.42 Å². The largest absolute Gasteiger partial charge is 0.481 e. The molecule has 1 saturated heterocycles. The first kappa shape index (κ1) is 9.57. The van der Waals surface area contributed by atoms with E-state index in [4.69, 9.17) is 19.6 Å². The number of ether oxygens (including phenoxy) is 1. The second kappa shape index (κ2) is 2.75. The monoisotopic (exact) mass is 201 g/mol. The van der Waals surface area contributed by atoms with Gasteiger partial charge in [-0.15, -0.1) is 0 Å². The predicted octanol–water partition coefficient (Wildman–Crippen LogP) is 0.674. The number of carbonyl (C=O) groups is 1. The average Bonchev–Trinajstić information content (AvgIpc) is 2.53. The topological polar surface area (TPSA) is 77.4 Å². The molecule has 78 valence electrons. The zero-order valence-corrected chi connectivity index (χ0v) is 7.94. The highest BCUT2D eigenvalue weighted by atomic mass is 17.3. The van der Waals surface area contributed by atoms with Crippen molar-refractivity contribution in [1.29, 1.82) is 0 Å². The summed E-state index contributed by atoms with van der Waals surface area (Å²) in [7, 11) is 0. The van der Waals surface area contributed by atoms with Crippen LogP contribution >= 0.6 is 0 Å². The maximum atomic E-state index is 10.4. The van der Waals surface area contributed by atoms with Gasteiger partial charge in [0.05, 0.1) is 12.1 Å². The zero-order chi connectivity index (χ0) is 10.4. The van der Waals surface area contributed by atoms with Gasteiger partial charge in [0.15, 0.2) is 0 Å². The second-order valence-corrected chi connectivity index (χ2v) is 3.52. The zero-order valence-electron chi connectivity index (χ0n) is 7.94. The summed E-state index contributed by atoms with van der Waals surface area (Å²) in [6, 6.07) is 0. The van der Waals surface area contributed by atoms with Crippen molar-refractivity contribution in [3.63, 3.8) is 0 Å². The highest BCUT2D eigenvalue weighted by Crippen LogP contribution is 2.43. The van der Waals surface area contributed by atoms with Gasteiger partial charge in [-0.05, 0) is 13.8 Å². The van der Waals surface area contributed by atoms with Crippen LogP contribution in [0.5, 0.6) is 0 Å². The Morgan fingerprint density at radius 3 is 2.71 bits per heavy atom. The number of carboxylic acids is 1. The average molecular weight is 201 g/mol. The summed E-state index contributed by atoms with van der Waals surface area (Å²) in [6.45, 7) is 3.44. The molecule has 2 atom stereocenters. The Labute approximate surface area is 80.4 Å². The molecule has 2 rings (SSSR count). The summed E-state index contributed by atoms with van der Waals surface area (Å²) >= 11 is 0. The number of aliphatic carboxylic acids is 1. The lowest BCUT2D eigenvalue weighted by atomic mass is 10.2. The fourth-order valence-electron chi connectivity index (χ4n) is 1.43. The van der Waals surface area contributed by atoms with Crippen molar-refractivity contribution in [1.82, 2.24) is 0 Å². The van der Waals surface area contributed by atoms with E-state index in [-0.39, 0.29) is 12.8 Å². The number of aliphatic imine (C=N–C) groups is 1. The third-order valence-electron chi connectivity index (χ3n) is 2.34. The number of carboxylic acid groups (broad SMARTS) is 1. The molecule has 0 aromatic heterocycles. The molecule has 2 aliphatic rings. The smallest absolute Gasteiger partial charge is 0.303 e. The van der Waals surface area contributed by atoms with Crippen LogP contribution in [0.2, 0.25) is 0 Å². The van der Waals surface area contributed by atoms with E-state index >= 15 is 0 Å². The van der Waals surface area contributed by atoms with E-state index in [1.807, 2.05) is 0 Å². The fourth-order valence-corrected chi connectivity index (χ4v) is 1.43. The second-order valence-electron chi connectivity index (χ2n) is 3.52. The minimum absolute atomic E-state index is 0.0732. The van der Waals surface area contributed by atoms with E-state index in [2.05, 4.69) is 4.99 Å². The molecule has 0 amide bonds. The molecule has 0 aliphatic carbocycles. The minimum atomic E-state index is -1.24. The van der Waals surface area contributed by atoms with Crippen molar-refractivity contribution in [2.45, 2.75) is 38.4 Å². The van der Waals surface area contributed by atoms with Gasteiger partial charge in [-0.3, -0.25) is 9.53 Å². The molecule has 0 saturated carbocycles.